The van der Waals surface area contributed by atoms with Crippen molar-refractivity contribution >= 4 is 17.6 Å². The highest BCUT2D eigenvalue weighted by molar-refractivity contribution is 7.99. The minimum Gasteiger partial charge on any atom is -0.493 e. The summed E-state index contributed by atoms with van der Waals surface area (Å²) in [5, 5.41) is 11.6. The van der Waals surface area contributed by atoms with Crippen molar-refractivity contribution in [3.05, 3.63) is 23.8 Å². The van der Waals surface area contributed by atoms with E-state index in [1.165, 1.54) is 0 Å². The fraction of sp³-hybridized carbons (Fsp3) is 0.462. The van der Waals surface area contributed by atoms with Crippen LogP contribution in [-0.4, -0.2) is 36.3 Å². The zero-order chi connectivity index (χ0) is 14.1. The number of hydrogen-bond donors (Lipinski definition) is 2. The Kier molecular flexibility index (Phi) is 6.95. The van der Waals surface area contributed by atoms with Gasteiger partial charge in [0.05, 0.1) is 13.7 Å². The van der Waals surface area contributed by atoms with Crippen LogP contribution in [0.15, 0.2) is 23.4 Å². The first-order valence-corrected chi connectivity index (χ1v) is 7.24. The molecular weight excluding hydrogens is 264 g/mol. The number of benzene rings is 1. The van der Waals surface area contributed by atoms with Crippen LogP contribution in [0, 0.1) is 0 Å². The van der Waals surface area contributed by atoms with E-state index >= 15 is 0 Å². The Hall–Kier alpha value is -1.56. The summed E-state index contributed by atoms with van der Waals surface area (Å²) in [6.07, 6.45) is 0.990. The maximum atomic E-state index is 8.63. The molecule has 1 aromatic rings. The van der Waals surface area contributed by atoms with Gasteiger partial charge in [0, 0.05) is 5.56 Å². The van der Waals surface area contributed by atoms with E-state index in [4.69, 9.17) is 20.4 Å². The summed E-state index contributed by atoms with van der Waals surface area (Å²) < 4.78 is 10.9. The van der Waals surface area contributed by atoms with Crippen LogP contribution in [0.3, 0.4) is 0 Å². The summed E-state index contributed by atoms with van der Waals surface area (Å²) in [6.45, 7) is 2.78. The minimum absolute atomic E-state index is 0.0456. The molecule has 0 aromatic heterocycles. The Morgan fingerprint density at radius 2 is 2.21 bits per heavy atom. The Bertz CT molecular complexity index is 424. The molecule has 0 aliphatic carbocycles. The summed E-state index contributed by atoms with van der Waals surface area (Å²) in [6, 6.07) is 5.18. The normalized spacial score (nSPS) is 11.4. The predicted octanol–water partition coefficient (Wildman–Crippen LogP) is 2.31. The van der Waals surface area contributed by atoms with E-state index in [1.54, 1.807) is 25.3 Å². The van der Waals surface area contributed by atoms with Gasteiger partial charge in [0.25, 0.3) is 0 Å². The van der Waals surface area contributed by atoms with Crippen LogP contribution in [0.4, 0.5) is 0 Å². The molecule has 0 saturated heterocycles. The first kappa shape index (κ1) is 15.5. The molecule has 0 atom stereocenters. The average Bonchev–Trinajstić information content (AvgIpc) is 2.46. The maximum absolute atomic E-state index is 8.63. The van der Waals surface area contributed by atoms with Crippen LogP contribution in [-0.2, 0) is 0 Å². The monoisotopic (exact) mass is 284 g/mol. The summed E-state index contributed by atoms with van der Waals surface area (Å²) >= 11 is 1.89. The molecule has 0 spiro atoms. The molecule has 0 heterocycles. The molecule has 6 heteroatoms. The number of ether oxygens (including phenoxy) is 2. The molecule has 3 N–H and O–H groups in total. The topological polar surface area (TPSA) is 77.1 Å². The van der Waals surface area contributed by atoms with E-state index in [9.17, 15) is 0 Å². The molecular formula is C13H20N2O3S. The zero-order valence-electron chi connectivity index (χ0n) is 11.3. The molecule has 19 heavy (non-hydrogen) atoms. The third-order valence-electron chi connectivity index (χ3n) is 2.46. The molecule has 1 rings (SSSR count). The number of amidine groups is 1. The van der Waals surface area contributed by atoms with Crippen molar-refractivity contribution in [3.8, 4) is 11.5 Å². The Morgan fingerprint density at radius 1 is 1.42 bits per heavy atom. The lowest BCUT2D eigenvalue weighted by atomic mass is 10.2. The van der Waals surface area contributed by atoms with Gasteiger partial charge in [-0.3, -0.25) is 0 Å². The third kappa shape index (κ3) is 4.90. The van der Waals surface area contributed by atoms with Crippen molar-refractivity contribution in [2.45, 2.75) is 13.3 Å². The van der Waals surface area contributed by atoms with Crippen molar-refractivity contribution in [2.24, 2.45) is 10.9 Å². The van der Waals surface area contributed by atoms with Gasteiger partial charge in [-0.15, -0.1) is 0 Å². The fourth-order valence-corrected chi connectivity index (χ4v) is 2.10. The fourth-order valence-electron chi connectivity index (χ4n) is 1.49. The SMILES string of the molecule is CCSCCCOc1ccc(/C(N)=N/O)cc1OC. The van der Waals surface area contributed by atoms with Gasteiger partial charge in [0.1, 0.15) is 0 Å². The Morgan fingerprint density at radius 3 is 2.84 bits per heavy atom. The molecule has 0 aliphatic rings. The largest absolute Gasteiger partial charge is 0.493 e. The molecule has 0 saturated carbocycles. The highest BCUT2D eigenvalue weighted by Crippen LogP contribution is 2.28. The molecule has 0 radical (unpaired) electrons. The van der Waals surface area contributed by atoms with Gasteiger partial charge in [0.15, 0.2) is 17.3 Å². The quantitative estimate of drug-likeness (QED) is 0.252. The molecule has 1 aromatic carbocycles. The number of nitrogens with zero attached hydrogens (tertiary/aromatic N) is 1. The summed E-state index contributed by atoms with van der Waals surface area (Å²) in [5.74, 6) is 3.49. The van der Waals surface area contributed by atoms with Crippen molar-refractivity contribution in [3.63, 3.8) is 0 Å². The summed E-state index contributed by atoms with van der Waals surface area (Å²) in [5.41, 5.74) is 6.11. The lowest BCUT2D eigenvalue weighted by molar-refractivity contribution is 0.295. The first-order valence-electron chi connectivity index (χ1n) is 6.09. The van der Waals surface area contributed by atoms with Crippen molar-refractivity contribution in [1.82, 2.24) is 0 Å². The number of nitrogens with two attached hydrogens (primary N) is 1. The van der Waals surface area contributed by atoms with E-state index in [-0.39, 0.29) is 5.84 Å². The van der Waals surface area contributed by atoms with Gasteiger partial charge in [-0.1, -0.05) is 12.1 Å². The minimum atomic E-state index is 0.0456. The van der Waals surface area contributed by atoms with E-state index < -0.39 is 0 Å². The molecule has 0 bridgehead atoms. The average molecular weight is 284 g/mol. The standard InChI is InChI=1S/C13H20N2O3S/c1-3-19-8-4-7-18-11-6-5-10(13(14)15-16)9-12(11)17-2/h5-6,9,16H,3-4,7-8H2,1-2H3,(H2,14,15). The van der Waals surface area contributed by atoms with Gasteiger partial charge in [-0.25, -0.2) is 0 Å². The number of methoxy groups -OCH3 is 1. The maximum Gasteiger partial charge on any atom is 0.170 e. The molecule has 0 aliphatic heterocycles. The van der Waals surface area contributed by atoms with E-state index in [1.807, 2.05) is 11.8 Å². The second-order valence-electron chi connectivity index (χ2n) is 3.75. The molecule has 0 fully saturated rings. The smallest absolute Gasteiger partial charge is 0.170 e. The van der Waals surface area contributed by atoms with Gasteiger partial charge < -0.3 is 20.4 Å². The number of rotatable bonds is 8. The van der Waals surface area contributed by atoms with E-state index in [2.05, 4.69) is 12.1 Å². The van der Waals surface area contributed by atoms with Gasteiger partial charge in [0.2, 0.25) is 0 Å². The van der Waals surface area contributed by atoms with Gasteiger partial charge in [-0.05, 0) is 36.1 Å². The highest BCUT2D eigenvalue weighted by atomic mass is 32.2. The van der Waals surface area contributed by atoms with Crippen LogP contribution in [0.1, 0.15) is 18.9 Å². The lowest BCUT2D eigenvalue weighted by Crippen LogP contribution is -2.13. The van der Waals surface area contributed by atoms with Crippen LogP contribution in [0.2, 0.25) is 0 Å². The van der Waals surface area contributed by atoms with Crippen molar-refractivity contribution in [1.29, 1.82) is 0 Å². The van der Waals surface area contributed by atoms with Crippen LogP contribution >= 0.6 is 11.8 Å². The second-order valence-corrected chi connectivity index (χ2v) is 5.14. The molecule has 0 amide bonds. The van der Waals surface area contributed by atoms with Gasteiger partial charge >= 0.3 is 0 Å². The Labute approximate surface area is 117 Å². The van der Waals surface area contributed by atoms with E-state index in [0.717, 1.165) is 17.9 Å². The summed E-state index contributed by atoms with van der Waals surface area (Å²) in [4.78, 5) is 0. The zero-order valence-corrected chi connectivity index (χ0v) is 12.1. The van der Waals surface area contributed by atoms with Crippen molar-refractivity contribution in [2.75, 3.05) is 25.2 Å². The molecule has 0 unspecified atom stereocenters. The highest BCUT2D eigenvalue weighted by Gasteiger charge is 2.08. The number of oxime groups is 1. The summed E-state index contributed by atoms with van der Waals surface area (Å²) in [7, 11) is 1.56. The van der Waals surface area contributed by atoms with Crippen LogP contribution < -0.4 is 15.2 Å². The van der Waals surface area contributed by atoms with Crippen molar-refractivity contribution < 1.29 is 14.7 Å². The first-order chi connectivity index (χ1) is 9.22. The van der Waals surface area contributed by atoms with Gasteiger partial charge in [-0.2, -0.15) is 11.8 Å². The lowest BCUT2D eigenvalue weighted by Gasteiger charge is -2.11. The molecule has 106 valence electrons. The number of hydrogen-bond acceptors (Lipinski definition) is 5. The van der Waals surface area contributed by atoms with E-state index in [0.29, 0.717) is 23.7 Å². The Balaban J connectivity index is 2.63. The number of thioether (sulfide) groups is 1. The molecule has 5 nitrogen and oxygen atoms in total. The van der Waals surface area contributed by atoms with Crippen LogP contribution in [0.25, 0.3) is 0 Å². The van der Waals surface area contributed by atoms with Crippen LogP contribution in [0.5, 0.6) is 11.5 Å². The second kappa shape index (κ2) is 8.53. The third-order valence-corrected chi connectivity index (χ3v) is 3.45. The predicted molar refractivity (Wildman–Crippen MR) is 78.6 cm³/mol.